The number of para-hydroxylation sites is 3. The summed E-state index contributed by atoms with van der Waals surface area (Å²) < 4.78 is 4.94. The van der Waals surface area contributed by atoms with Gasteiger partial charge in [0.1, 0.15) is 0 Å². The molecule has 0 bridgehead atoms. The van der Waals surface area contributed by atoms with Gasteiger partial charge in [-0.3, -0.25) is 0 Å². The van der Waals surface area contributed by atoms with Crippen LogP contribution in [-0.4, -0.2) is 4.57 Å². The molecular formula is C30H23N2+. The van der Waals surface area contributed by atoms with Crippen molar-refractivity contribution in [3.05, 3.63) is 108 Å². The summed E-state index contributed by atoms with van der Waals surface area (Å²) in [4.78, 5) is 0. The fourth-order valence-corrected chi connectivity index (χ4v) is 5.80. The average Bonchev–Trinajstić information content (AvgIpc) is 3.32. The van der Waals surface area contributed by atoms with Gasteiger partial charge in [0.05, 0.1) is 16.6 Å². The number of hydrogen-bond donors (Lipinski definition) is 0. The van der Waals surface area contributed by atoms with Crippen molar-refractivity contribution in [1.82, 2.24) is 4.57 Å². The second-order valence-electron chi connectivity index (χ2n) is 8.89. The molecular weight excluding hydrogens is 388 g/mol. The lowest BCUT2D eigenvalue weighted by Gasteiger charge is -2.08. The molecule has 4 aromatic carbocycles. The van der Waals surface area contributed by atoms with Gasteiger partial charge in [0.15, 0.2) is 6.04 Å². The predicted octanol–water partition coefficient (Wildman–Crippen LogP) is 7.12. The summed E-state index contributed by atoms with van der Waals surface area (Å²) in [7, 11) is 0. The molecule has 6 aromatic rings. The number of hydrogen-bond acceptors (Lipinski definition) is 0. The minimum absolute atomic E-state index is 0.300. The molecule has 1 aliphatic heterocycles. The number of pyridine rings is 1. The van der Waals surface area contributed by atoms with Crippen LogP contribution in [0.1, 0.15) is 24.1 Å². The quantitative estimate of drug-likeness (QED) is 0.255. The molecule has 1 atom stereocenters. The SMILES string of the molecule is Cc1cc2[n+](c3ccccc13)C(C)c1ccc3c(c1-2)c1ccccc1n3-c1ccccc1. The van der Waals surface area contributed by atoms with Gasteiger partial charge in [-0.05, 0) is 48.9 Å². The van der Waals surface area contributed by atoms with Crippen LogP contribution in [0.4, 0.5) is 0 Å². The summed E-state index contributed by atoms with van der Waals surface area (Å²) in [5.41, 5.74) is 10.5. The lowest BCUT2D eigenvalue weighted by molar-refractivity contribution is -0.669. The van der Waals surface area contributed by atoms with Crippen molar-refractivity contribution in [3.8, 4) is 16.9 Å². The van der Waals surface area contributed by atoms with E-state index in [1.54, 1.807) is 0 Å². The summed E-state index contributed by atoms with van der Waals surface area (Å²) in [6, 6.07) is 35.7. The van der Waals surface area contributed by atoms with Crippen LogP contribution in [0.15, 0.2) is 97.1 Å². The van der Waals surface area contributed by atoms with E-state index < -0.39 is 0 Å². The number of fused-ring (bicyclic) bond motifs is 9. The summed E-state index contributed by atoms with van der Waals surface area (Å²) in [5.74, 6) is 0. The molecule has 7 rings (SSSR count). The Labute approximate surface area is 187 Å². The first-order chi connectivity index (χ1) is 15.7. The van der Waals surface area contributed by atoms with Crippen molar-refractivity contribution in [2.75, 3.05) is 0 Å². The zero-order valence-corrected chi connectivity index (χ0v) is 18.2. The largest absolute Gasteiger partial charge is 0.309 e. The fourth-order valence-electron chi connectivity index (χ4n) is 5.80. The van der Waals surface area contributed by atoms with Crippen molar-refractivity contribution >= 4 is 32.7 Å². The first-order valence-corrected chi connectivity index (χ1v) is 11.3. The van der Waals surface area contributed by atoms with Gasteiger partial charge in [-0.15, -0.1) is 0 Å². The van der Waals surface area contributed by atoms with E-state index >= 15 is 0 Å². The average molecular weight is 412 g/mol. The maximum atomic E-state index is 2.53. The Morgan fingerprint density at radius 1 is 0.719 bits per heavy atom. The molecule has 2 aromatic heterocycles. The van der Waals surface area contributed by atoms with E-state index in [1.165, 1.54) is 60.8 Å². The third-order valence-electron chi connectivity index (χ3n) is 7.18. The predicted molar refractivity (Wildman–Crippen MR) is 132 cm³/mol. The molecule has 0 N–H and O–H groups in total. The highest BCUT2D eigenvalue weighted by Crippen LogP contribution is 2.45. The maximum absolute atomic E-state index is 2.53. The second-order valence-corrected chi connectivity index (χ2v) is 8.89. The second kappa shape index (κ2) is 6.30. The molecule has 0 amide bonds. The number of benzene rings is 4. The highest BCUT2D eigenvalue weighted by atomic mass is 15.0. The zero-order chi connectivity index (χ0) is 21.4. The molecule has 0 saturated carbocycles. The first-order valence-electron chi connectivity index (χ1n) is 11.3. The molecule has 152 valence electrons. The zero-order valence-electron chi connectivity index (χ0n) is 18.2. The summed E-state index contributed by atoms with van der Waals surface area (Å²) in [6.45, 7) is 4.57. The number of nitrogens with zero attached hydrogens (tertiary/aromatic N) is 2. The normalized spacial score (nSPS) is 14.9. The molecule has 1 aliphatic rings. The molecule has 0 fully saturated rings. The van der Waals surface area contributed by atoms with Crippen molar-refractivity contribution in [3.63, 3.8) is 0 Å². The van der Waals surface area contributed by atoms with Gasteiger partial charge in [0, 0.05) is 46.5 Å². The third kappa shape index (κ3) is 2.17. The van der Waals surface area contributed by atoms with Gasteiger partial charge in [0.25, 0.3) is 0 Å². The van der Waals surface area contributed by atoms with Crippen LogP contribution >= 0.6 is 0 Å². The Hall–Kier alpha value is -3.91. The van der Waals surface area contributed by atoms with E-state index in [1.807, 2.05) is 0 Å². The van der Waals surface area contributed by atoms with Gasteiger partial charge in [-0.1, -0.05) is 48.5 Å². The summed E-state index contributed by atoms with van der Waals surface area (Å²) in [5, 5.41) is 4.00. The van der Waals surface area contributed by atoms with Crippen molar-refractivity contribution < 1.29 is 4.57 Å². The van der Waals surface area contributed by atoms with Gasteiger partial charge in [0.2, 0.25) is 11.2 Å². The van der Waals surface area contributed by atoms with Gasteiger partial charge >= 0.3 is 0 Å². The lowest BCUT2D eigenvalue weighted by Crippen LogP contribution is -2.37. The molecule has 32 heavy (non-hydrogen) atoms. The Morgan fingerprint density at radius 2 is 1.44 bits per heavy atom. The minimum Gasteiger partial charge on any atom is -0.309 e. The number of aromatic nitrogens is 2. The van der Waals surface area contributed by atoms with E-state index in [2.05, 4.69) is 120 Å². The van der Waals surface area contributed by atoms with Gasteiger partial charge < -0.3 is 4.57 Å². The molecule has 3 heterocycles. The topological polar surface area (TPSA) is 8.81 Å². The van der Waals surface area contributed by atoms with E-state index in [0.717, 1.165) is 0 Å². The van der Waals surface area contributed by atoms with Crippen LogP contribution in [0.2, 0.25) is 0 Å². The number of aryl methyl sites for hydroxylation is 1. The lowest BCUT2D eigenvalue weighted by atomic mass is 9.97. The van der Waals surface area contributed by atoms with Crippen LogP contribution in [0.5, 0.6) is 0 Å². The minimum atomic E-state index is 0.300. The summed E-state index contributed by atoms with van der Waals surface area (Å²) >= 11 is 0. The Morgan fingerprint density at radius 3 is 2.28 bits per heavy atom. The molecule has 2 heteroatoms. The molecule has 0 spiro atoms. The Balaban J connectivity index is 1.68. The third-order valence-corrected chi connectivity index (χ3v) is 7.18. The Kier molecular flexibility index (Phi) is 3.49. The monoisotopic (exact) mass is 411 g/mol. The van der Waals surface area contributed by atoms with Crippen LogP contribution in [0.3, 0.4) is 0 Å². The standard InChI is InChI=1S/C30H23N2/c1-19-18-28-29-23(20(2)31(28)25-14-8-6-12-22(19)25)16-17-27-30(29)24-13-7-9-15-26(24)32(27)21-10-4-3-5-11-21/h3-18,20H,1-2H3/q+1. The first kappa shape index (κ1) is 17.7. The van der Waals surface area contributed by atoms with Crippen LogP contribution < -0.4 is 4.57 Å². The van der Waals surface area contributed by atoms with E-state index in [-0.39, 0.29) is 0 Å². The van der Waals surface area contributed by atoms with Crippen LogP contribution in [0, 0.1) is 6.92 Å². The van der Waals surface area contributed by atoms with Crippen molar-refractivity contribution in [2.45, 2.75) is 19.9 Å². The van der Waals surface area contributed by atoms with Crippen LogP contribution in [-0.2, 0) is 0 Å². The van der Waals surface area contributed by atoms with E-state index in [0.29, 0.717) is 6.04 Å². The fraction of sp³-hybridized carbons (Fsp3) is 0.100. The molecule has 0 saturated heterocycles. The number of rotatable bonds is 1. The van der Waals surface area contributed by atoms with Crippen molar-refractivity contribution in [1.29, 1.82) is 0 Å². The Bertz CT molecular complexity index is 1690. The van der Waals surface area contributed by atoms with Gasteiger partial charge in [-0.25, -0.2) is 0 Å². The molecule has 0 aliphatic carbocycles. The molecule has 1 unspecified atom stereocenters. The maximum Gasteiger partial charge on any atom is 0.215 e. The van der Waals surface area contributed by atoms with Gasteiger partial charge in [-0.2, -0.15) is 4.57 Å². The highest BCUT2D eigenvalue weighted by molar-refractivity contribution is 6.16. The molecule has 0 radical (unpaired) electrons. The van der Waals surface area contributed by atoms with E-state index in [4.69, 9.17) is 0 Å². The highest BCUT2D eigenvalue weighted by Gasteiger charge is 2.38. The van der Waals surface area contributed by atoms with Crippen LogP contribution in [0.25, 0.3) is 49.7 Å². The van der Waals surface area contributed by atoms with E-state index in [9.17, 15) is 0 Å². The smallest absolute Gasteiger partial charge is 0.215 e. The molecule has 2 nitrogen and oxygen atoms in total. The van der Waals surface area contributed by atoms with Crippen molar-refractivity contribution in [2.24, 2.45) is 0 Å². The summed E-state index contributed by atoms with van der Waals surface area (Å²) in [6.07, 6.45) is 0.